The number of halogens is 1. The topological polar surface area (TPSA) is 45.8 Å². The summed E-state index contributed by atoms with van der Waals surface area (Å²) in [4.78, 5) is 18.9. The summed E-state index contributed by atoms with van der Waals surface area (Å²) in [6, 6.07) is 14.7. The minimum absolute atomic E-state index is 0.120. The number of hydrogen-bond acceptors (Lipinski definition) is 2. The van der Waals surface area contributed by atoms with E-state index in [1.807, 2.05) is 30.3 Å². The largest absolute Gasteiger partial charge is 0.320 e. The van der Waals surface area contributed by atoms with Crippen LogP contribution in [-0.2, 0) is 0 Å². The van der Waals surface area contributed by atoms with Crippen LogP contribution < -0.4 is 5.56 Å². The van der Waals surface area contributed by atoms with E-state index in [1.165, 1.54) is 0 Å². The van der Waals surface area contributed by atoms with Gasteiger partial charge in [0.1, 0.15) is 5.15 Å². The molecule has 2 aromatic heterocycles. The highest BCUT2D eigenvalue weighted by Gasteiger charge is 2.04. The predicted molar refractivity (Wildman–Crippen MR) is 72.8 cm³/mol. The smallest absolute Gasteiger partial charge is 0.256 e. The van der Waals surface area contributed by atoms with E-state index < -0.39 is 0 Å². The molecule has 0 saturated carbocycles. The van der Waals surface area contributed by atoms with Gasteiger partial charge in [-0.15, -0.1) is 0 Å². The Kier molecular flexibility index (Phi) is 2.61. The summed E-state index contributed by atoms with van der Waals surface area (Å²) in [5.74, 6) is 0. The third-order valence-electron chi connectivity index (χ3n) is 2.74. The van der Waals surface area contributed by atoms with Crippen LogP contribution in [0, 0.1) is 0 Å². The molecule has 0 unspecified atom stereocenters. The fourth-order valence-electron chi connectivity index (χ4n) is 1.91. The molecule has 18 heavy (non-hydrogen) atoms. The maximum Gasteiger partial charge on any atom is 0.256 e. The van der Waals surface area contributed by atoms with Gasteiger partial charge < -0.3 is 4.98 Å². The first-order valence-electron chi connectivity index (χ1n) is 5.49. The Morgan fingerprint density at radius 1 is 1.06 bits per heavy atom. The number of aromatic amines is 1. The van der Waals surface area contributed by atoms with Crippen LogP contribution in [0.25, 0.3) is 22.2 Å². The van der Waals surface area contributed by atoms with Crippen LogP contribution in [0.3, 0.4) is 0 Å². The lowest BCUT2D eigenvalue weighted by Crippen LogP contribution is -2.07. The van der Waals surface area contributed by atoms with Crippen molar-refractivity contribution in [2.75, 3.05) is 0 Å². The van der Waals surface area contributed by atoms with Gasteiger partial charge in [-0.05, 0) is 29.7 Å². The standard InChI is InChI=1S/C14H9ClN2O/c15-13-7-3-6-11(16-13)12-8-9-4-1-2-5-10(9)14(18)17-12/h1-8H,(H,17,18). The van der Waals surface area contributed by atoms with Gasteiger partial charge in [-0.25, -0.2) is 4.98 Å². The minimum atomic E-state index is -0.120. The lowest BCUT2D eigenvalue weighted by molar-refractivity contribution is 1.22. The van der Waals surface area contributed by atoms with E-state index in [1.54, 1.807) is 18.2 Å². The molecule has 0 amide bonds. The number of H-pyrrole nitrogens is 1. The van der Waals surface area contributed by atoms with Gasteiger partial charge in [0.05, 0.1) is 11.4 Å². The summed E-state index contributed by atoms with van der Waals surface area (Å²) in [7, 11) is 0. The molecule has 88 valence electrons. The maximum absolute atomic E-state index is 11.9. The number of pyridine rings is 2. The van der Waals surface area contributed by atoms with Gasteiger partial charge in [0.25, 0.3) is 5.56 Å². The fraction of sp³-hybridized carbons (Fsp3) is 0. The first kappa shape index (κ1) is 11.0. The second-order valence-corrected chi connectivity index (χ2v) is 4.33. The Morgan fingerprint density at radius 2 is 1.89 bits per heavy atom. The molecule has 0 spiro atoms. The van der Waals surface area contributed by atoms with E-state index >= 15 is 0 Å². The zero-order valence-electron chi connectivity index (χ0n) is 9.35. The number of aromatic nitrogens is 2. The Balaban J connectivity index is 2.28. The molecule has 3 nitrogen and oxygen atoms in total. The average Bonchev–Trinajstić information content (AvgIpc) is 2.39. The molecular formula is C14H9ClN2O. The number of hydrogen-bond donors (Lipinski definition) is 1. The van der Waals surface area contributed by atoms with Crippen LogP contribution in [0.5, 0.6) is 0 Å². The van der Waals surface area contributed by atoms with Gasteiger partial charge in [0.2, 0.25) is 0 Å². The number of fused-ring (bicyclic) bond motifs is 1. The summed E-state index contributed by atoms with van der Waals surface area (Å²) in [6.45, 7) is 0. The van der Waals surface area contributed by atoms with Crippen molar-refractivity contribution in [2.45, 2.75) is 0 Å². The summed E-state index contributed by atoms with van der Waals surface area (Å²) < 4.78 is 0. The first-order valence-corrected chi connectivity index (χ1v) is 5.87. The van der Waals surface area contributed by atoms with E-state index in [-0.39, 0.29) is 5.56 Å². The predicted octanol–water partition coefficient (Wildman–Crippen LogP) is 3.24. The van der Waals surface area contributed by atoms with Gasteiger partial charge in [-0.2, -0.15) is 0 Å². The monoisotopic (exact) mass is 256 g/mol. The highest BCUT2D eigenvalue weighted by Crippen LogP contribution is 2.19. The quantitative estimate of drug-likeness (QED) is 0.680. The molecule has 1 aromatic carbocycles. The molecule has 0 saturated heterocycles. The van der Waals surface area contributed by atoms with Crippen molar-refractivity contribution in [3.63, 3.8) is 0 Å². The fourth-order valence-corrected chi connectivity index (χ4v) is 2.07. The lowest BCUT2D eigenvalue weighted by Gasteiger charge is -2.03. The molecule has 0 fully saturated rings. The van der Waals surface area contributed by atoms with Crippen LogP contribution in [0.1, 0.15) is 0 Å². The molecule has 3 rings (SSSR count). The van der Waals surface area contributed by atoms with E-state index in [0.29, 0.717) is 21.9 Å². The second kappa shape index (κ2) is 4.27. The molecule has 2 heterocycles. The van der Waals surface area contributed by atoms with Crippen molar-refractivity contribution in [1.82, 2.24) is 9.97 Å². The van der Waals surface area contributed by atoms with Crippen molar-refractivity contribution in [3.05, 3.63) is 64.0 Å². The molecule has 1 N–H and O–H groups in total. The summed E-state index contributed by atoms with van der Waals surface area (Å²) in [6.07, 6.45) is 0. The zero-order chi connectivity index (χ0) is 12.5. The molecule has 0 bridgehead atoms. The lowest BCUT2D eigenvalue weighted by atomic mass is 10.1. The van der Waals surface area contributed by atoms with Crippen LogP contribution >= 0.6 is 11.6 Å². The third-order valence-corrected chi connectivity index (χ3v) is 2.96. The normalized spacial score (nSPS) is 10.7. The van der Waals surface area contributed by atoms with Crippen molar-refractivity contribution in [2.24, 2.45) is 0 Å². The molecule has 0 radical (unpaired) electrons. The van der Waals surface area contributed by atoms with Gasteiger partial charge in [0, 0.05) is 5.39 Å². The van der Waals surface area contributed by atoms with Crippen molar-refractivity contribution in [3.8, 4) is 11.4 Å². The van der Waals surface area contributed by atoms with Crippen LogP contribution in [0.15, 0.2) is 53.3 Å². The van der Waals surface area contributed by atoms with E-state index in [0.717, 1.165) is 5.39 Å². The van der Waals surface area contributed by atoms with Crippen molar-refractivity contribution in [1.29, 1.82) is 0 Å². The number of benzene rings is 1. The van der Waals surface area contributed by atoms with E-state index in [2.05, 4.69) is 9.97 Å². The maximum atomic E-state index is 11.9. The zero-order valence-corrected chi connectivity index (χ0v) is 10.1. The number of nitrogens with zero attached hydrogens (tertiary/aromatic N) is 1. The van der Waals surface area contributed by atoms with E-state index in [9.17, 15) is 4.79 Å². The molecule has 0 aliphatic rings. The molecule has 0 aliphatic heterocycles. The first-order chi connectivity index (χ1) is 8.74. The summed E-state index contributed by atoms with van der Waals surface area (Å²) >= 11 is 5.85. The van der Waals surface area contributed by atoms with Gasteiger partial charge in [-0.1, -0.05) is 35.9 Å². The van der Waals surface area contributed by atoms with Crippen LogP contribution in [-0.4, -0.2) is 9.97 Å². The van der Waals surface area contributed by atoms with Gasteiger partial charge >= 0.3 is 0 Å². The Hall–Kier alpha value is -2.13. The van der Waals surface area contributed by atoms with Gasteiger partial charge in [0.15, 0.2) is 0 Å². The SMILES string of the molecule is O=c1[nH]c(-c2cccc(Cl)n2)cc2ccccc12. The average molecular weight is 257 g/mol. The highest BCUT2D eigenvalue weighted by atomic mass is 35.5. The van der Waals surface area contributed by atoms with Crippen LogP contribution in [0.4, 0.5) is 0 Å². The summed E-state index contributed by atoms with van der Waals surface area (Å²) in [5.41, 5.74) is 1.21. The van der Waals surface area contributed by atoms with Crippen molar-refractivity contribution >= 4 is 22.4 Å². The molecule has 3 aromatic rings. The molecule has 4 heteroatoms. The van der Waals surface area contributed by atoms with E-state index in [4.69, 9.17) is 11.6 Å². The number of nitrogens with one attached hydrogen (secondary N) is 1. The Morgan fingerprint density at radius 3 is 2.72 bits per heavy atom. The highest BCUT2D eigenvalue weighted by molar-refractivity contribution is 6.29. The number of rotatable bonds is 1. The minimum Gasteiger partial charge on any atom is -0.320 e. The Labute approximate surface area is 108 Å². The van der Waals surface area contributed by atoms with Crippen LogP contribution in [0.2, 0.25) is 5.15 Å². The van der Waals surface area contributed by atoms with Crippen molar-refractivity contribution < 1.29 is 0 Å². The molecular weight excluding hydrogens is 248 g/mol. The summed E-state index contributed by atoms with van der Waals surface area (Å²) in [5, 5.41) is 1.96. The third kappa shape index (κ3) is 1.89. The second-order valence-electron chi connectivity index (χ2n) is 3.94. The Bertz CT molecular complexity index is 780. The molecule has 0 atom stereocenters. The van der Waals surface area contributed by atoms with Gasteiger partial charge in [-0.3, -0.25) is 4.79 Å². The molecule has 0 aliphatic carbocycles.